The minimum Gasteiger partial charge on any atom is -0.282 e. The monoisotopic (exact) mass is 508 g/mol. The number of benzene rings is 2. The highest BCUT2D eigenvalue weighted by Gasteiger charge is 2.39. The summed E-state index contributed by atoms with van der Waals surface area (Å²) in [4.78, 5) is -4.03. The van der Waals surface area contributed by atoms with E-state index in [1.807, 2.05) is 13.8 Å². The van der Waals surface area contributed by atoms with E-state index in [2.05, 4.69) is 0 Å². The highest BCUT2D eigenvalue weighted by atomic mass is 32.2. The Morgan fingerprint density at radius 1 is 0.656 bits per heavy atom. The summed E-state index contributed by atoms with van der Waals surface area (Å²) in [6.45, 7) is 3.88. The molecule has 0 fully saturated rings. The summed E-state index contributed by atoms with van der Waals surface area (Å²) in [7, 11) is -16.2. The Bertz CT molecular complexity index is 1300. The molecule has 32 heavy (non-hydrogen) atoms. The number of hydrogen-bond acceptors (Lipinski definition) is 6. The number of rotatable bonds is 11. The van der Waals surface area contributed by atoms with Crippen molar-refractivity contribution >= 4 is 41.1 Å². The molecular weight excluding hydrogens is 480 g/mol. The third-order valence-electron chi connectivity index (χ3n) is 5.34. The number of fused-ring (bicyclic) bond motifs is 1. The fourth-order valence-corrected chi connectivity index (χ4v) is 7.84. The maximum Gasteiger partial charge on any atom is 0.297 e. The Kier molecular flexibility index (Phi) is 8.46. The molecule has 0 aliphatic heterocycles. The summed E-state index contributed by atoms with van der Waals surface area (Å²) in [6.07, 6.45) is 4.93. The molecule has 2 aromatic rings. The summed E-state index contributed by atoms with van der Waals surface area (Å²) in [5, 5.41) is -0.200. The van der Waals surface area contributed by atoms with Gasteiger partial charge in [-0.25, -0.2) is 0 Å². The van der Waals surface area contributed by atoms with Gasteiger partial charge in [-0.15, -0.1) is 0 Å². The minimum absolute atomic E-state index is 0.0640. The largest absolute Gasteiger partial charge is 0.297 e. The van der Waals surface area contributed by atoms with Crippen molar-refractivity contribution in [2.75, 3.05) is 0 Å². The van der Waals surface area contributed by atoms with E-state index in [0.717, 1.165) is 19.3 Å². The molecule has 9 nitrogen and oxygen atoms in total. The van der Waals surface area contributed by atoms with E-state index in [1.165, 1.54) is 24.3 Å². The predicted octanol–water partition coefficient (Wildman–Crippen LogP) is 4.43. The van der Waals surface area contributed by atoms with Gasteiger partial charge >= 0.3 is 0 Å². The second-order valence-corrected chi connectivity index (χ2v) is 11.8. The first-order chi connectivity index (χ1) is 14.7. The Morgan fingerprint density at radius 2 is 1.19 bits per heavy atom. The second kappa shape index (κ2) is 10.1. The van der Waals surface area contributed by atoms with Gasteiger partial charge in [-0.3, -0.25) is 13.7 Å². The summed E-state index contributed by atoms with van der Waals surface area (Å²) >= 11 is 0. The molecule has 3 N–H and O–H groups in total. The molecule has 0 saturated carbocycles. The molecular formula is C20H28O9S3. The van der Waals surface area contributed by atoms with Gasteiger partial charge in [-0.1, -0.05) is 70.2 Å². The topological polar surface area (TPSA) is 163 Å². The van der Waals surface area contributed by atoms with Crippen LogP contribution in [0.25, 0.3) is 10.8 Å². The Morgan fingerprint density at radius 3 is 1.66 bits per heavy atom. The third kappa shape index (κ3) is 5.86. The van der Waals surface area contributed by atoms with Crippen LogP contribution in [0, 0.1) is 0 Å². The Hall–Kier alpha value is -1.57. The molecule has 0 aliphatic rings. The Labute approximate surface area is 189 Å². The first-order valence-corrected chi connectivity index (χ1v) is 14.6. The molecule has 2 rings (SSSR count). The maximum atomic E-state index is 12.4. The molecule has 1 unspecified atom stereocenters. The van der Waals surface area contributed by atoms with Gasteiger partial charge in [-0.2, -0.15) is 25.3 Å². The van der Waals surface area contributed by atoms with E-state index in [1.54, 1.807) is 0 Å². The van der Waals surface area contributed by atoms with Crippen LogP contribution in [0.5, 0.6) is 0 Å². The zero-order valence-corrected chi connectivity index (χ0v) is 20.3. The summed E-state index contributed by atoms with van der Waals surface area (Å²) in [5.74, 6) is -0.547. The van der Waals surface area contributed by atoms with Crippen molar-refractivity contribution in [2.24, 2.45) is 0 Å². The lowest BCUT2D eigenvalue weighted by atomic mass is 9.86. The molecule has 0 spiro atoms. The molecule has 0 amide bonds. The molecule has 0 bridgehead atoms. The van der Waals surface area contributed by atoms with E-state index in [0.29, 0.717) is 25.7 Å². The molecule has 0 aliphatic carbocycles. The van der Waals surface area contributed by atoms with Crippen molar-refractivity contribution in [3.63, 3.8) is 0 Å². The van der Waals surface area contributed by atoms with Crippen LogP contribution in [0.4, 0.5) is 0 Å². The van der Waals surface area contributed by atoms with Gasteiger partial charge in [0.2, 0.25) is 0 Å². The molecule has 180 valence electrons. The average molecular weight is 509 g/mol. The summed E-state index contributed by atoms with van der Waals surface area (Å²) in [6, 6.07) is 5.50. The number of hydrogen-bond donors (Lipinski definition) is 3. The van der Waals surface area contributed by atoms with E-state index < -0.39 is 51.0 Å². The van der Waals surface area contributed by atoms with Gasteiger partial charge in [0, 0.05) is 5.39 Å². The Balaban J connectivity index is 3.13. The van der Waals surface area contributed by atoms with Crippen molar-refractivity contribution in [3.05, 3.63) is 29.8 Å². The molecule has 12 heteroatoms. The minimum atomic E-state index is -5.50. The summed E-state index contributed by atoms with van der Waals surface area (Å²) < 4.78 is 103. The third-order valence-corrected chi connectivity index (χ3v) is 8.41. The van der Waals surface area contributed by atoms with Crippen LogP contribution in [0.15, 0.2) is 39.0 Å². The van der Waals surface area contributed by atoms with Crippen LogP contribution in [0.2, 0.25) is 0 Å². The maximum absolute atomic E-state index is 12.4. The molecule has 0 radical (unpaired) electrons. The standard InChI is InChI=1S/C20H28O9S3/c1-3-5-6-7-11-14(10-4-2)17-15-12-8-9-13-16(15)18(30(21,22)23)20(32(27,28)29)19(17)31(24,25)26/h8-9,12-14H,3-7,10-11H2,1-2H3,(H,21,22,23)(H,24,25,26)(H,27,28,29). The molecule has 0 aromatic heterocycles. The molecule has 0 saturated heterocycles. The van der Waals surface area contributed by atoms with Crippen molar-refractivity contribution in [1.29, 1.82) is 0 Å². The molecule has 1 atom stereocenters. The van der Waals surface area contributed by atoms with E-state index >= 15 is 0 Å². The van der Waals surface area contributed by atoms with Gasteiger partial charge in [0.15, 0.2) is 0 Å². The first-order valence-electron chi connectivity index (χ1n) is 10.3. The second-order valence-electron chi connectivity index (χ2n) is 7.71. The van der Waals surface area contributed by atoms with Gasteiger partial charge in [0.1, 0.15) is 14.7 Å². The zero-order valence-electron chi connectivity index (χ0n) is 17.9. The zero-order chi connectivity index (χ0) is 24.3. The van der Waals surface area contributed by atoms with Crippen LogP contribution in [0.1, 0.15) is 70.3 Å². The SMILES string of the molecule is CCCCCCC(CCC)c1c(S(=O)(=O)O)c(S(=O)(=O)O)c(S(=O)(=O)O)c2ccccc12. The van der Waals surface area contributed by atoms with Crippen molar-refractivity contribution < 1.29 is 38.9 Å². The highest BCUT2D eigenvalue weighted by Crippen LogP contribution is 2.44. The normalized spacial score (nSPS) is 14.0. The smallest absolute Gasteiger partial charge is 0.282 e. The molecule has 0 heterocycles. The first kappa shape index (κ1) is 26.7. The van der Waals surface area contributed by atoms with Crippen LogP contribution in [-0.2, 0) is 30.4 Å². The van der Waals surface area contributed by atoms with Crippen LogP contribution >= 0.6 is 0 Å². The fourth-order valence-electron chi connectivity index (χ4n) is 4.14. The van der Waals surface area contributed by atoms with Crippen LogP contribution < -0.4 is 0 Å². The lowest BCUT2D eigenvalue weighted by Gasteiger charge is -2.24. The van der Waals surface area contributed by atoms with Crippen LogP contribution in [-0.4, -0.2) is 38.9 Å². The number of unbranched alkanes of at least 4 members (excludes halogenated alkanes) is 3. The fraction of sp³-hybridized carbons (Fsp3) is 0.500. The van der Waals surface area contributed by atoms with Gasteiger partial charge in [0.25, 0.3) is 30.4 Å². The lowest BCUT2D eigenvalue weighted by molar-refractivity contribution is 0.451. The van der Waals surface area contributed by atoms with Crippen molar-refractivity contribution in [1.82, 2.24) is 0 Å². The van der Waals surface area contributed by atoms with E-state index in [9.17, 15) is 38.9 Å². The molecule has 2 aromatic carbocycles. The van der Waals surface area contributed by atoms with Crippen molar-refractivity contribution in [2.45, 2.75) is 79.4 Å². The van der Waals surface area contributed by atoms with Gasteiger partial charge < -0.3 is 0 Å². The van der Waals surface area contributed by atoms with Crippen molar-refractivity contribution in [3.8, 4) is 0 Å². The quantitative estimate of drug-likeness (QED) is 0.294. The lowest BCUT2D eigenvalue weighted by Crippen LogP contribution is -2.19. The van der Waals surface area contributed by atoms with Gasteiger partial charge in [0.05, 0.1) is 0 Å². The van der Waals surface area contributed by atoms with Crippen LogP contribution in [0.3, 0.4) is 0 Å². The average Bonchev–Trinajstić information content (AvgIpc) is 2.66. The van der Waals surface area contributed by atoms with Gasteiger partial charge in [-0.05, 0) is 29.7 Å². The summed E-state index contributed by atoms with van der Waals surface area (Å²) in [5.41, 5.74) is -0.0820. The highest BCUT2D eigenvalue weighted by molar-refractivity contribution is 7.90. The van der Waals surface area contributed by atoms with E-state index in [4.69, 9.17) is 0 Å². The van der Waals surface area contributed by atoms with E-state index in [-0.39, 0.29) is 16.3 Å². The predicted molar refractivity (Wildman–Crippen MR) is 120 cm³/mol.